The number of aromatic nitrogens is 1. The molecule has 0 bridgehead atoms. The molecule has 1 aromatic heterocycles. The van der Waals surface area contributed by atoms with Crippen LogP contribution in [0.25, 0.3) is 10.9 Å². The summed E-state index contributed by atoms with van der Waals surface area (Å²) in [6.45, 7) is 0. The fourth-order valence-electron chi connectivity index (χ4n) is 2.79. The van der Waals surface area contributed by atoms with E-state index in [2.05, 4.69) is 15.6 Å². The summed E-state index contributed by atoms with van der Waals surface area (Å²) < 4.78 is 0. The fraction of sp³-hybridized carbons (Fsp3) is 0.190. The second-order valence-electron chi connectivity index (χ2n) is 6.59. The van der Waals surface area contributed by atoms with Crippen LogP contribution in [0.2, 0.25) is 5.02 Å². The third-order valence-corrected chi connectivity index (χ3v) is 5.59. The van der Waals surface area contributed by atoms with Gasteiger partial charge >= 0.3 is 0 Å². The van der Waals surface area contributed by atoms with Crippen LogP contribution in [0, 0.1) is 0 Å². The second-order valence-corrected chi connectivity index (χ2v) is 7.99. The van der Waals surface area contributed by atoms with Crippen molar-refractivity contribution in [2.24, 2.45) is 0 Å². The van der Waals surface area contributed by atoms with Gasteiger partial charge in [-0.3, -0.25) is 9.59 Å². The van der Waals surface area contributed by atoms with Gasteiger partial charge in [0.05, 0.1) is 32.6 Å². The van der Waals surface area contributed by atoms with Crippen molar-refractivity contribution in [1.82, 2.24) is 10.3 Å². The first-order valence-electron chi connectivity index (χ1n) is 8.98. The van der Waals surface area contributed by atoms with Gasteiger partial charge in [-0.05, 0) is 37.1 Å². The first-order valence-corrected chi connectivity index (χ1v) is 10.3. The number of rotatable bonds is 6. The summed E-state index contributed by atoms with van der Waals surface area (Å²) in [5.74, 6) is -0.110. The number of benzene rings is 2. The molecule has 1 aliphatic rings. The van der Waals surface area contributed by atoms with Crippen LogP contribution in [0.15, 0.2) is 59.6 Å². The summed E-state index contributed by atoms with van der Waals surface area (Å²) in [6.07, 6.45) is 2.05. The number of nitrogens with zero attached hydrogens (tertiary/aromatic N) is 1. The van der Waals surface area contributed by atoms with Crippen LogP contribution < -0.4 is 10.6 Å². The highest BCUT2D eigenvalue weighted by atomic mass is 35.5. The molecule has 2 N–H and O–H groups in total. The van der Waals surface area contributed by atoms with Crippen molar-refractivity contribution in [3.8, 4) is 0 Å². The number of carbonyl (C=O) groups is 2. The minimum atomic E-state index is -0.183. The molecule has 0 radical (unpaired) electrons. The van der Waals surface area contributed by atoms with Gasteiger partial charge in [0.2, 0.25) is 5.91 Å². The lowest BCUT2D eigenvalue weighted by Crippen LogP contribution is -2.25. The highest BCUT2D eigenvalue weighted by molar-refractivity contribution is 7.99. The van der Waals surface area contributed by atoms with Crippen LogP contribution in [-0.4, -0.2) is 28.6 Å². The number of hydrogen-bond acceptors (Lipinski definition) is 4. The number of anilines is 1. The Hall–Kier alpha value is -2.57. The zero-order valence-corrected chi connectivity index (χ0v) is 16.5. The van der Waals surface area contributed by atoms with Crippen molar-refractivity contribution in [1.29, 1.82) is 0 Å². The van der Waals surface area contributed by atoms with Crippen LogP contribution in [0.4, 0.5) is 5.69 Å². The molecule has 0 spiro atoms. The third-order valence-electron chi connectivity index (χ3n) is 4.35. The monoisotopic (exact) mass is 411 g/mol. The maximum Gasteiger partial charge on any atom is 0.252 e. The number of para-hydroxylation sites is 2. The number of nitrogens with one attached hydrogen (secondary N) is 2. The average Bonchev–Trinajstić information content (AvgIpc) is 3.51. The zero-order valence-electron chi connectivity index (χ0n) is 14.9. The van der Waals surface area contributed by atoms with E-state index in [1.165, 1.54) is 11.8 Å². The van der Waals surface area contributed by atoms with Crippen molar-refractivity contribution < 1.29 is 9.59 Å². The summed E-state index contributed by atoms with van der Waals surface area (Å²) in [5.41, 5.74) is 1.90. The Morgan fingerprint density at radius 2 is 1.86 bits per heavy atom. The lowest BCUT2D eigenvalue weighted by atomic mass is 10.1. The van der Waals surface area contributed by atoms with Crippen LogP contribution in [0.1, 0.15) is 23.2 Å². The van der Waals surface area contributed by atoms with Crippen molar-refractivity contribution in [3.05, 3.63) is 65.2 Å². The standard InChI is InChI=1S/C21H18ClN3O2S/c22-16-6-2-4-8-18(16)24-19(26)12-28-20-11-15(21(27)23-13-9-10-13)14-5-1-3-7-17(14)25-20/h1-8,11,13H,9-10,12H2,(H,23,27)(H,24,26). The number of pyridine rings is 1. The number of amides is 2. The van der Waals surface area contributed by atoms with E-state index in [9.17, 15) is 9.59 Å². The van der Waals surface area contributed by atoms with Gasteiger partial charge in [-0.25, -0.2) is 4.98 Å². The van der Waals surface area contributed by atoms with Gasteiger partial charge in [-0.15, -0.1) is 0 Å². The van der Waals surface area contributed by atoms with Gasteiger partial charge in [-0.1, -0.05) is 53.7 Å². The minimum absolute atomic E-state index is 0.0940. The Morgan fingerprint density at radius 3 is 2.64 bits per heavy atom. The number of thioether (sulfide) groups is 1. The quantitative estimate of drug-likeness (QED) is 0.585. The van der Waals surface area contributed by atoms with E-state index < -0.39 is 0 Å². The molecule has 3 aromatic rings. The maximum atomic E-state index is 12.6. The molecule has 1 heterocycles. The molecule has 0 atom stereocenters. The van der Waals surface area contributed by atoms with E-state index in [4.69, 9.17) is 11.6 Å². The van der Waals surface area contributed by atoms with E-state index in [0.29, 0.717) is 21.3 Å². The SMILES string of the molecule is O=C(CSc1cc(C(=O)NC2CC2)c2ccccc2n1)Nc1ccccc1Cl. The summed E-state index contributed by atoms with van der Waals surface area (Å²) >= 11 is 7.36. The van der Waals surface area contributed by atoms with Crippen LogP contribution >= 0.6 is 23.4 Å². The second kappa shape index (κ2) is 8.20. The van der Waals surface area contributed by atoms with Gasteiger partial charge in [0.1, 0.15) is 0 Å². The van der Waals surface area contributed by atoms with Gasteiger partial charge in [0.15, 0.2) is 0 Å². The molecule has 142 valence electrons. The highest BCUT2D eigenvalue weighted by Gasteiger charge is 2.25. The zero-order chi connectivity index (χ0) is 19.5. The lowest BCUT2D eigenvalue weighted by Gasteiger charge is -2.10. The summed E-state index contributed by atoms with van der Waals surface area (Å²) in [7, 11) is 0. The maximum absolute atomic E-state index is 12.6. The van der Waals surface area contributed by atoms with Crippen LogP contribution in [-0.2, 0) is 4.79 Å². The van der Waals surface area contributed by atoms with E-state index in [-0.39, 0.29) is 23.6 Å². The molecule has 2 amide bonds. The van der Waals surface area contributed by atoms with Crippen molar-refractivity contribution in [2.45, 2.75) is 23.9 Å². The van der Waals surface area contributed by atoms with E-state index in [1.807, 2.05) is 30.3 Å². The molecule has 5 nitrogen and oxygen atoms in total. The van der Waals surface area contributed by atoms with Gasteiger partial charge < -0.3 is 10.6 Å². The van der Waals surface area contributed by atoms with E-state index >= 15 is 0 Å². The smallest absolute Gasteiger partial charge is 0.252 e. The van der Waals surface area contributed by atoms with E-state index in [1.54, 1.807) is 24.3 Å². The van der Waals surface area contributed by atoms with Gasteiger partial charge in [0, 0.05) is 11.4 Å². The molecule has 0 unspecified atom stereocenters. The number of carbonyl (C=O) groups excluding carboxylic acids is 2. The molecule has 4 rings (SSSR count). The topological polar surface area (TPSA) is 71.1 Å². The number of halogens is 1. The summed E-state index contributed by atoms with van der Waals surface area (Å²) in [4.78, 5) is 29.5. The van der Waals surface area contributed by atoms with Crippen molar-refractivity contribution in [3.63, 3.8) is 0 Å². The van der Waals surface area contributed by atoms with E-state index in [0.717, 1.165) is 23.7 Å². The first kappa shape index (κ1) is 18.8. The largest absolute Gasteiger partial charge is 0.349 e. The number of fused-ring (bicyclic) bond motifs is 1. The van der Waals surface area contributed by atoms with Crippen molar-refractivity contribution >= 4 is 51.8 Å². The molecular formula is C21H18ClN3O2S. The Morgan fingerprint density at radius 1 is 1.11 bits per heavy atom. The molecular weight excluding hydrogens is 394 g/mol. The van der Waals surface area contributed by atoms with Crippen LogP contribution in [0.3, 0.4) is 0 Å². The van der Waals surface area contributed by atoms with Crippen LogP contribution in [0.5, 0.6) is 0 Å². The normalized spacial score (nSPS) is 13.3. The average molecular weight is 412 g/mol. The number of hydrogen-bond donors (Lipinski definition) is 2. The fourth-order valence-corrected chi connectivity index (χ4v) is 3.69. The highest BCUT2D eigenvalue weighted by Crippen LogP contribution is 2.27. The molecule has 0 aliphatic heterocycles. The summed E-state index contributed by atoms with van der Waals surface area (Å²) in [6, 6.07) is 16.7. The molecule has 1 aliphatic carbocycles. The first-order chi connectivity index (χ1) is 13.6. The minimum Gasteiger partial charge on any atom is -0.349 e. The van der Waals surface area contributed by atoms with Crippen molar-refractivity contribution in [2.75, 3.05) is 11.1 Å². The Bertz CT molecular complexity index is 1050. The predicted octanol–water partition coefficient (Wildman–Crippen LogP) is 4.51. The predicted molar refractivity (Wildman–Crippen MR) is 113 cm³/mol. The Balaban J connectivity index is 1.51. The molecule has 2 aromatic carbocycles. The molecule has 28 heavy (non-hydrogen) atoms. The molecule has 0 saturated heterocycles. The van der Waals surface area contributed by atoms with Gasteiger partial charge in [-0.2, -0.15) is 0 Å². The Labute approximate surface area is 171 Å². The third kappa shape index (κ3) is 4.46. The van der Waals surface area contributed by atoms with Gasteiger partial charge in [0.25, 0.3) is 5.91 Å². The molecule has 1 fully saturated rings. The molecule has 7 heteroatoms. The summed E-state index contributed by atoms with van der Waals surface area (Å²) in [5, 5.41) is 7.75. The molecule has 1 saturated carbocycles. The lowest BCUT2D eigenvalue weighted by molar-refractivity contribution is -0.113. The Kier molecular flexibility index (Phi) is 5.50.